The Balaban J connectivity index is 1.47. The monoisotopic (exact) mass is 337 g/mol. The number of hydrogen-bond donors (Lipinski definition) is 1. The van der Waals surface area contributed by atoms with Gasteiger partial charge in [-0.05, 0) is 37.1 Å². The highest BCUT2D eigenvalue weighted by atomic mass is 16.2. The summed E-state index contributed by atoms with van der Waals surface area (Å²) in [4.78, 5) is 17.1. The Hall–Kier alpha value is -2.33. The number of hydrogen-bond acceptors (Lipinski definition) is 3. The molecule has 132 valence electrons. The number of anilines is 1. The summed E-state index contributed by atoms with van der Waals surface area (Å²) in [5, 5.41) is 3.12. The lowest BCUT2D eigenvalue weighted by Gasteiger charge is -2.25. The van der Waals surface area contributed by atoms with Crippen LogP contribution in [0, 0.1) is 0 Å². The van der Waals surface area contributed by atoms with Crippen LogP contribution < -0.4 is 10.2 Å². The number of likely N-dealkylation sites (N-methyl/N-ethyl adjacent to an activating group) is 1. The molecule has 2 aromatic rings. The van der Waals surface area contributed by atoms with Gasteiger partial charge < -0.3 is 10.2 Å². The number of carbonyl (C=O) groups excluding carboxylic acids is 1. The molecular weight excluding hydrogens is 310 g/mol. The van der Waals surface area contributed by atoms with E-state index in [1.807, 2.05) is 24.3 Å². The van der Waals surface area contributed by atoms with Gasteiger partial charge in [0.25, 0.3) is 0 Å². The molecule has 4 nitrogen and oxygen atoms in total. The molecule has 1 heterocycles. The molecule has 0 aliphatic carbocycles. The number of carbonyl (C=O) groups is 1. The van der Waals surface area contributed by atoms with Crippen molar-refractivity contribution in [2.75, 3.05) is 31.6 Å². The summed E-state index contributed by atoms with van der Waals surface area (Å²) in [5.74, 6) is 0.162. The minimum atomic E-state index is 0.00207. The van der Waals surface area contributed by atoms with Crippen molar-refractivity contribution in [3.63, 3.8) is 0 Å². The molecule has 1 unspecified atom stereocenters. The van der Waals surface area contributed by atoms with Gasteiger partial charge in [-0.1, -0.05) is 48.5 Å². The van der Waals surface area contributed by atoms with Crippen molar-refractivity contribution >= 4 is 11.6 Å². The SMILES string of the molecule is CN(CCNC(=O)C1CCCN1Cc1ccccc1)c1ccccc1. The Morgan fingerprint density at radius 2 is 1.80 bits per heavy atom. The summed E-state index contributed by atoms with van der Waals surface area (Å²) in [5.41, 5.74) is 2.44. The average Bonchev–Trinajstić information content (AvgIpc) is 3.11. The number of rotatable bonds is 7. The molecule has 1 saturated heterocycles. The van der Waals surface area contributed by atoms with Crippen molar-refractivity contribution in [3.8, 4) is 0 Å². The lowest BCUT2D eigenvalue weighted by molar-refractivity contribution is -0.125. The number of benzene rings is 2. The van der Waals surface area contributed by atoms with Crippen LogP contribution in [0.15, 0.2) is 60.7 Å². The topological polar surface area (TPSA) is 35.6 Å². The van der Waals surface area contributed by atoms with Crippen molar-refractivity contribution < 1.29 is 4.79 Å². The maximum Gasteiger partial charge on any atom is 0.237 e. The summed E-state index contributed by atoms with van der Waals surface area (Å²) >= 11 is 0. The second-order valence-corrected chi connectivity index (χ2v) is 6.66. The largest absolute Gasteiger partial charge is 0.373 e. The third-order valence-electron chi connectivity index (χ3n) is 4.84. The molecule has 1 amide bonds. The molecule has 1 atom stereocenters. The first kappa shape index (κ1) is 17.5. The van der Waals surface area contributed by atoms with Crippen LogP contribution in [0.4, 0.5) is 5.69 Å². The van der Waals surface area contributed by atoms with Crippen molar-refractivity contribution in [3.05, 3.63) is 66.2 Å². The van der Waals surface area contributed by atoms with Crippen molar-refractivity contribution in [1.29, 1.82) is 0 Å². The Bertz CT molecular complexity index is 659. The van der Waals surface area contributed by atoms with Gasteiger partial charge in [-0.25, -0.2) is 0 Å². The van der Waals surface area contributed by atoms with E-state index in [1.165, 1.54) is 11.3 Å². The van der Waals surface area contributed by atoms with Gasteiger partial charge in [-0.2, -0.15) is 0 Å². The first-order chi connectivity index (χ1) is 12.2. The molecule has 25 heavy (non-hydrogen) atoms. The number of para-hydroxylation sites is 1. The summed E-state index contributed by atoms with van der Waals surface area (Å²) in [6, 6.07) is 20.6. The van der Waals surface area contributed by atoms with Crippen LogP contribution in [0.5, 0.6) is 0 Å². The Labute approximate surface area is 150 Å². The molecular formula is C21H27N3O. The van der Waals surface area contributed by atoms with Gasteiger partial charge in [-0.15, -0.1) is 0 Å². The predicted octanol–water partition coefficient (Wildman–Crippen LogP) is 2.90. The number of likely N-dealkylation sites (tertiary alicyclic amines) is 1. The van der Waals surface area contributed by atoms with Crippen molar-refractivity contribution in [1.82, 2.24) is 10.2 Å². The highest BCUT2D eigenvalue weighted by molar-refractivity contribution is 5.82. The number of nitrogens with one attached hydrogen (secondary N) is 1. The van der Waals surface area contributed by atoms with Crippen molar-refractivity contribution in [2.45, 2.75) is 25.4 Å². The first-order valence-corrected chi connectivity index (χ1v) is 9.06. The van der Waals surface area contributed by atoms with E-state index in [0.717, 1.165) is 32.5 Å². The molecule has 3 rings (SSSR count). The van der Waals surface area contributed by atoms with Gasteiger partial charge in [-0.3, -0.25) is 9.69 Å². The molecule has 1 N–H and O–H groups in total. The van der Waals surface area contributed by atoms with Gasteiger partial charge in [0.05, 0.1) is 6.04 Å². The maximum atomic E-state index is 12.6. The van der Waals surface area contributed by atoms with E-state index in [2.05, 4.69) is 58.6 Å². The standard InChI is InChI=1S/C21H27N3O/c1-23(19-11-6-3-7-12-19)16-14-22-21(25)20-13-8-15-24(20)17-18-9-4-2-5-10-18/h2-7,9-12,20H,8,13-17H2,1H3,(H,22,25). The lowest BCUT2D eigenvalue weighted by Crippen LogP contribution is -2.44. The van der Waals surface area contributed by atoms with Gasteiger partial charge >= 0.3 is 0 Å². The van der Waals surface area contributed by atoms with E-state index in [9.17, 15) is 4.79 Å². The van der Waals surface area contributed by atoms with Gasteiger partial charge in [0.1, 0.15) is 0 Å². The molecule has 0 bridgehead atoms. The molecule has 1 aliphatic heterocycles. The summed E-state index contributed by atoms with van der Waals surface area (Å²) in [7, 11) is 2.05. The van der Waals surface area contributed by atoms with Gasteiger partial charge in [0.2, 0.25) is 5.91 Å². The highest BCUT2D eigenvalue weighted by Gasteiger charge is 2.30. The molecule has 1 aliphatic rings. The van der Waals surface area contributed by atoms with E-state index in [4.69, 9.17) is 0 Å². The van der Waals surface area contributed by atoms with Gasteiger partial charge in [0, 0.05) is 32.4 Å². The summed E-state index contributed by atoms with van der Waals surface area (Å²) in [6.45, 7) is 3.32. The molecule has 0 saturated carbocycles. The normalized spacial score (nSPS) is 17.4. The first-order valence-electron chi connectivity index (χ1n) is 9.06. The zero-order valence-corrected chi connectivity index (χ0v) is 14.9. The quantitative estimate of drug-likeness (QED) is 0.844. The van der Waals surface area contributed by atoms with E-state index in [1.54, 1.807) is 0 Å². The summed E-state index contributed by atoms with van der Waals surface area (Å²) in [6.07, 6.45) is 2.04. The molecule has 1 fully saturated rings. The number of nitrogens with zero attached hydrogens (tertiary/aromatic N) is 2. The predicted molar refractivity (Wildman–Crippen MR) is 103 cm³/mol. The fourth-order valence-electron chi connectivity index (χ4n) is 3.41. The Kier molecular flexibility index (Phi) is 6.07. The van der Waals surface area contributed by atoms with Crippen LogP contribution in [0.3, 0.4) is 0 Å². The Morgan fingerprint density at radius 1 is 1.12 bits per heavy atom. The van der Waals surface area contributed by atoms with Gasteiger partial charge in [0.15, 0.2) is 0 Å². The summed E-state index contributed by atoms with van der Waals surface area (Å²) < 4.78 is 0. The van der Waals surface area contributed by atoms with E-state index >= 15 is 0 Å². The van der Waals surface area contributed by atoms with Crippen LogP contribution in [-0.2, 0) is 11.3 Å². The molecule has 0 aromatic heterocycles. The zero-order valence-electron chi connectivity index (χ0n) is 14.9. The van der Waals surface area contributed by atoms with E-state index in [0.29, 0.717) is 6.54 Å². The van der Waals surface area contributed by atoms with Crippen LogP contribution in [0.2, 0.25) is 0 Å². The molecule has 0 spiro atoms. The van der Waals surface area contributed by atoms with E-state index in [-0.39, 0.29) is 11.9 Å². The van der Waals surface area contributed by atoms with Crippen LogP contribution in [0.1, 0.15) is 18.4 Å². The third kappa shape index (κ3) is 4.83. The van der Waals surface area contributed by atoms with E-state index < -0.39 is 0 Å². The highest BCUT2D eigenvalue weighted by Crippen LogP contribution is 2.20. The molecule has 4 heteroatoms. The maximum absolute atomic E-state index is 12.6. The zero-order chi connectivity index (χ0) is 17.5. The molecule has 0 radical (unpaired) electrons. The minimum Gasteiger partial charge on any atom is -0.373 e. The smallest absolute Gasteiger partial charge is 0.237 e. The molecule has 2 aromatic carbocycles. The van der Waals surface area contributed by atoms with Crippen molar-refractivity contribution in [2.24, 2.45) is 0 Å². The second kappa shape index (κ2) is 8.67. The number of amides is 1. The third-order valence-corrected chi connectivity index (χ3v) is 4.84. The van der Waals surface area contributed by atoms with Crippen LogP contribution in [-0.4, -0.2) is 43.5 Å². The Morgan fingerprint density at radius 3 is 2.52 bits per heavy atom. The lowest BCUT2D eigenvalue weighted by atomic mass is 10.1. The fraction of sp³-hybridized carbons (Fsp3) is 0.381. The minimum absolute atomic E-state index is 0.00207. The second-order valence-electron chi connectivity index (χ2n) is 6.66. The average molecular weight is 337 g/mol. The fourth-order valence-corrected chi connectivity index (χ4v) is 3.41. The van der Waals surface area contributed by atoms with Crippen LogP contribution in [0.25, 0.3) is 0 Å². The van der Waals surface area contributed by atoms with Crippen LogP contribution >= 0.6 is 0 Å².